The van der Waals surface area contributed by atoms with Crippen molar-refractivity contribution in [2.45, 2.75) is 10.8 Å². The summed E-state index contributed by atoms with van der Waals surface area (Å²) in [4.78, 5) is -0.389. The van der Waals surface area contributed by atoms with Crippen LogP contribution < -0.4 is 5.73 Å². The summed E-state index contributed by atoms with van der Waals surface area (Å²) in [6, 6.07) is 13.2. The van der Waals surface area contributed by atoms with Gasteiger partial charge >= 0.3 is 0 Å². The first-order valence-corrected chi connectivity index (χ1v) is 9.45. The fraction of sp³-hybridized carbons (Fsp3) is 0.294. The molecule has 1 aliphatic rings. The average Bonchev–Trinajstić information content (AvgIpc) is 3.03. The van der Waals surface area contributed by atoms with E-state index in [2.05, 4.69) is 0 Å². The molecule has 0 radical (unpaired) electrons. The van der Waals surface area contributed by atoms with Gasteiger partial charge in [0.15, 0.2) is 0 Å². The smallest absolute Gasteiger partial charge is 0.246 e. The lowest BCUT2D eigenvalue weighted by atomic mass is 9.89. The Labute approximate surface area is 146 Å². The van der Waals surface area contributed by atoms with Gasteiger partial charge in [-0.2, -0.15) is 4.31 Å². The summed E-state index contributed by atoms with van der Waals surface area (Å²) in [5.41, 5.74) is 6.88. The number of benzene rings is 2. The zero-order chi connectivity index (χ0) is 17.3. The maximum atomic E-state index is 14.0. The van der Waals surface area contributed by atoms with E-state index in [1.54, 1.807) is 0 Å². The zero-order valence-corrected chi connectivity index (χ0v) is 14.5. The standard InChI is InChI=1S/C17H18ClFN2O2S/c18-14-6-7-16(19)17(8-14)24(22,23)21-10-13(9-20)15(11-21)12-4-2-1-3-5-12/h1-8,13,15H,9-11,20H2/t13-,15+/m1/s1. The number of rotatable bonds is 4. The van der Waals surface area contributed by atoms with Crippen LogP contribution in [0.2, 0.25) is 5.02 Å². The topological polar surface area (TPSA) is 63.4 Å². The number of nitrogens with zero attached hydrogens (tertiary/aromatic N) is 1. The molecule has 2 aromatic rings. The van der Waals surface area contributed by atoms with Gasteiger partial charge in [-0.3, -0.25) is 0 Å². The van der Waals surface area contributed by atoms with Crippen molar-refractivity contribution in [3.63, 3.8) is 0 Å². The van der Waals surface area contributed by atoms with Crippen molar-refractivity contribution in [1.29, 1.82) is 0 Å². The molecular weight excluding hydrogens is 351 g/mol. The predicted octanol–water partition coefficient (Wildman–Crippen LogP) is 2.84. The molecule has 0 amide bonds. The quantitative estimate of drug-likeness (QED) is 0.902. The van der Waals surface area contributed by atoms with Crippen molar-refractivity contribution in [2.75, 3.05) is 19.6 Å². The van der Waals surface area contributed by atoms with E-state index in [0.29, 0.717) is 6.54 Å². The Hall–Kier alpha value is -1.47. The summed E-state index contributed by atoms with van der Waals surface area (Å²) in [6.07, 6.45) is 0. The summed E-state index contributed by atoms with van der Waals surface area (Å²) in [7, 11) is -3.96. The molecular formula is C17H18ClFN2O2S. The molecule has 1 saturated heterocycles. The second-order valence-electron chi connectivity index (χ2n) is 5.91. The van der Waals surface area contributed by atoms with Gasteiger partial charge in [0.05, 0.1) is 0 Å². The lowest BCUT2D eigenvalue weighted by molar-refractivity contribution is 0.453. The Bertz CT molecular complexity index is 830. The van der Waals surface area contributed by atoms with Crippen molar-refractivity contribution < 1.29 is 12.8 Å². The molecule has 0 aromatic heterocycles. The molecule has 128 valence electrons. The first-order valence-electron chi connectivity index (χ1n) is 7.63. The molecule has 0 unspecified atom stereocenters. The Morgan fingerprint density at radius 2 is 1.88 bits per heavy atom. The molecule has 2 aromatic carbocycles. The van der Waals surface area contributed by atoms with Crippen LogP contribution in [-0.2, 0) is 10.0 Å². The zero-order valence-electron chi connectivity index (χ0n) is 12.9. The largest absolute Gasteiger partial charge is 0.330 e. The van der Waals surface area contributed by atoms with Crippen LogP contribution in [0.3, 0.4) is 0 Å². The first-order chi connectivity index (χ1) is 11.4. The van der Waals surface area contributed by atoms with Gasteiger partial charge < -0.3 is 5.73 Å². The summed E-state index contributed by atoms with van der Waals surface area (Å²) in [5, 5.41) is 0.184. The Morgan fingerprint density at radius 3 is 2.54 bits per heavy atom. The number of hydrogen-bond acceptors (Lipinski definition) is 3. The molecule has 1 aliphatic heterocycles. The minimum Gasteiger partial charge on any atom is -0.330 e. The van der Waals surface area contributed by atoms with Crippen LogP contribution in [0.25, 0.3) is 0 Å². The van der Waals surface area contributed by atoms with Crippen molar-refractivity contribution >= 4 is 21.6 Å². The van der Waals surface area contributed by atoms with E-state index >= 15 is 0 Å². The third-order valence-corrected chi connectivity index (χ3v) is 6.53. The number of sulfonamides is 1. The molecule has 1 heterocycles. The number of hydrogen-bond donors (Lipinski definition) is 1. The second-order valence-corrected chi connectivity index (χ2v) is 8.25. The molecule has 4 nitrogen and oxygen atoms in total. The molecule has 0 saturated carbocycles. The third-order valence-electron chi connectivity index (χ3n) is 4.45. The molecule has 0 spiro atoms. The fourth-order valence-corrected chi connectivity index (χ4v) is 5.01. The van der Waals surface area contributed by atoms with Gasteiger partial charge in [0.2, 0.25) is 10.0 Å². The van der Waals surface area contributed by atoms with E-state index in [-0.39, 0.29) is 34.8 Å². The van der Waals surface area contributed by atoms with Crippen molar-refractivity contribution in [3.05, 3.63) is 64.9 Å². The second kappa shape index (κ2) is 6.80. The highest BCUT2D eigenvalue weighted by atomic mass is 35.5. The van der Waals surface area contributed by atoms with Crippen LogP contribution in [0.15, 0.2) is 53.4 Å². The van der Waals surface area contributed by atoms with Gasteiger partial charge in [-0.1, -0.05) is 41.9 Å². The maximum Gasteiger partial charge on any atom is 0.246 e. The minimum absolute atomic E-state index is 0.00628. The van der Waals surface area contributed by atoms with Crippen LogP contribution in [0, 0.1) is 11.7 Å². The fourth-order valence-electron chi connectivity index (χ4n) is 3.16. The van der Waals surface area contributed by atoms with E-state index in [9.17, 15) is 12.8 Å². The van der Waals surface area contributed by atoms with E-state index in [1.807, 2.05) is 30.3 Å². The van der Waals surface area contributed by atoms with E-state index in [0.717, 1.165) is 17.7 Å². The molecule has 7 heteroatoms. The third kappa shape index (κ3) is 3.19. The molecule has 2 N–H and O–H groups in total. The van der Waals surface area contributed by atoms with Crippen LogP contribution in [0.1, 0.15) is 11.5 Å². The highest BCUT2D eigenvalue weighted by Gasteiger charge is 2.40. The predicted molar refractivity (Wildman–Crippen MR) is 91.9 cm³/mol. The van der Waals surface area contributed by atoms with Gasteiger partial charge in [0, 0.05) is 24.0 Å². The van der Waals surface area contributed by atoms with Gasteiger partial charge in [0.1, 0.15) is 10.7 Å². The molecule has 2 atom stereocenters. The van der Waals surface area contributed by atoms with Crippen molar-refractivity contribution in [3.8, 4) is 0 Å². The van der Waals surface area contributed by atoms with Crippen molar-refractivity contribution in [2.24, 2.45) is 11.7 Å². The highest BCUT2D eigenvalue weighted by Crippen LogP contribution is 2.36. The molecule has 0 bridgehead atoms. The Morgan fingerprint density at radius 1 is 1.17 bits per heavy atom. The molecule has 24 heavy (non-hydrogen) atoms. The van der Waals surface area contributed by atoms with Crippen molar-refractivity contribution in [1.82, 2.24) is 4.31 Å². The number of halogens is 2. The lowest BCUT2D eigenvalue weighted by Gasteiger charge is -2.17. The minimum atomic E-state index is -3.96. The average molecular weight is 369 g/mol. The number of nitrogens with two attached hydrogens (primary N) is 1. The van der Waals surface area contributed by atoms with Crippen LogP contribution >= 0.6 is 11.6 Å². The highest BCUT2D eigenvalue weighted by molar-refractivity contribution is 7.89. The van der Waals surface area contributed by atoms with E-state index in [4.69, 9.17) is 17.3 Å². The summed E-state index contributed by atoms with van der Waals surface area (Å²) in [5.74, 6) is -0.815. The Balaban J connectivity index is 1.94. The Kier molecular flexibility index (Phi) is 4.92. The lowest BCUT2D eigenvalue weighted by Crippen LogP contribution is -2.30. The van der Waals surface area contributed by atoms with Gasteiger partial charge in [0.25, 0.3) is 0 Å². The summed E-state index contributed by atoms with van der Waals surface area (Å²) >= 11 is 5.84. The van der Waals surface area contributed by atoms with E-state index in [1.165, 1.54) is 10.4 Å². The van der Waals surface area contributed by atoms with Crippen LogP contribution in [0.4, 0.5) is 4.39 Å². The van der Waals surface area contributed by atoms with E-state index < -0.39 is 15.8 Å². The van der Waals surface area contributed by atoms with Gasteiger partial charge in [-0.15, -0.1) is 0 Å². The van der Waals surface area contributed by atoms with Crippen LogP contribution in [-0.4, -0.2) is 32.4 Å². The van der Waals surface area contributed by atoms with Crippen LogP contribution in [0.5, 0.6) is 0 Å². The monoisotopic (exact) mass is 368 g/mol. The summed E-state index contributed by atoms with van der Waals surface area (Å²) in [6.45, 7) is 0.911. The van der Waals surface area contributed by atoms with Gasteiger partial charge in [-0.05, 0) is 36.2 Å². The normalized spacial score (nSPS) is 22.0. The SMILES string of the molecule is NC[C@@H]1CN(S(=O)(=O)c2cc(Cl)ccc2F)C[C@H]1c1ccccc1. The maximum absolute atomic E-state index is 14.0. The molecule has 3 rings (SSSR count). The summed E-state index contributed by atoms with van der Waals surface area (Å²) < 4.78 is 41.0. The molecule has 0 aliphatic carbocycles. The van der Waals surface area contributed by atoms with Gasteiger partial charge in [-0.25, -0.2) is 12.8 Å². The first kappa shape index (κ1) is 17.4. The molecule has 1 fully saturated rings.